The average Bonchev–Trinajstić information content (AvgIpc) is 2.61. The first-order valence-corrected chi connectivity index (χ1v) is 11.7. The minimum absolute atomic E-state index is 0. The first-order chi connectivity index (χ1) is 11.4. The van der Waals surface area contributed by atoms with Crippen LogP contribution in [0.2, 0.25) is 5.21 Å². The molecule has 142 valence electrons. The van der Waals surface area contributed by atoms with Crippen molar-refractivity contribution in [1.82, 2.24) is 4.98 Å². The van der Waals surface area contributed by atoms with Gasteiger partial charge in [0.15, 0.2) is 0 Å². The Morgan fingerprint density at radius 2 is 0.958 bits per heavy atom. The van der Waals surface area contributed by atoms with Crippen molar-refractivity contribution >= 4 is 16.9 Å². The number of rotatable bonds is 14. The molecule has 0 aromatic carbocycles. The molecule has 1 unspecified atom stereocenters. The Balaban J connectivity index is 0. The van der Waals surface area contributed by atoms with E-state index in [4.69, 9.17) is 0 Å². The maximum atomic E-state index is 3.78. The second-order valence-electron chi connectivity index (χ2n) is 6.41. The smallest absolute Gasteiger partial charge is 0.0267 e. The third-order valence-electron chi connectivity index (χ3n) is 4.12. The zero-order chi connectivity index (χ0) is 16.8. The van der Waals surface area contributed by atoms with Crippen LogP contribution in [-0.4, -0.2) is 27.3 Å². The van der Waals surface area contributed by atoms with Gasteiger partial charge in [0.1, 0.15) is 0 Å². The van der Waals surface area contributed by atoms with Crippen LogP contribution in [0.4, 0.5) is 0 Å². The van der Waals surface area contributed by atoms with E-state index in [2.05, 4.69) is 11.9 Å². The van der Waals surface area contributed by atoms with E-state index in [0.29, 0.717) is 0 Å². The predicted molar refractivity (Wildman–Crippen MR) is 112 cm³/mol. The molecule has 2 nitrogen and oxygen atoms in total. The second kappa shape index (κ2) is 24.9. The molecule has 0 bridgehead atoms. The first-order valence-electron chi connectivity index (χ1n) is 9.97. The molecule has 0 saturated carbocycles. The summed E-state index contributed by atoms with van der Waals surface area (Å²) in [6.45, 7) is 2.29. The van der Waals surface area contributed by atoms with Gasteiger partial charge in [-0.05, 0) is 12.1 Å². The number of hydrogen-bond acceptors (Lipinski definition) is 1. The Morgan fingerprint density at radius 3 is 1.21 bits per heavy atom. The van der Waals surface area contributed by atoms with Crippen LogP contribution in [0.15, 0.2) is 30.6 Å². The average molecular weight is 399 g/mol. The molecule has 0 radical (unpaired) electrons. The summed E-state index contributed by atoms with van der Waals surface area (Å²) >= 11 is 1.90. The van der Waals surface area contributed by atoms with Crippen molar-refractivity contribution in [1.29, 1.82) is 0 Å². The molecule has 0 aliphatic heterocycles. The molecule has 24 heavy (non-hydrogen) atoms. The van der Waals surface area contributed by atoms with Gasteiger partial charge in [-0.15, -0.1) is 0 Å². The molecule has 1 aromatic rings. The molecule has 0 amide bonds. The monoisotopic (exact) mass is 399 g/mol. The van der Waals surface area contributed by atoms with Gasteiger partial charge in [-0.3, -0.25) is 4.98 Å². The molecule has 0 spiro atoms. The van der Waals surface area contributed by atoms with Gasteiger partial charge in [-0.2, -0.15) is 0 Å². The topological polar surface area (TPSA) is 44.4 Å². The predicted octanol–water partition coefficient (Wildman–Crippen LogP) is 5.78. The van der Waals surface area contributed by atoms with Crippen molar-refractivity contribution in [2.24, 2.45) is 0 Å². The Labute approximate surface area is 160 Å². The van der Waals surface area contributed by atoms with Crippen LogP contribution in [0, 0.1) is 0 Å². The number of nitrogens with zero attached hydrogens (tertiary/aromatic N) is 1. The van der Waals surface area contributed by atoms with Gasteiger partial charge in [-0.25, -0.2) is 0 Å². The van der Waals surface area contributed by atoms with Crippen LogP contribution in [0.5, 0.6) is 0 Å². The van der Waals surface area contributed by atoms with E-state index in [1.165, 1.54) is 95.1 Å². The van der Waals surface area contributed by atoms with Crippen molar-refractivity contribution in [3.05, 3.63) is 30.6 Å². The molecule has 0 aliphatic carbocycles. The summed E-state index contributed by atoms with van der Waals surface area (Å²) in [4.78, 5) is 3.78. The fourth-order valence-corrected chi connectivity index (χ4v) is 3.26. The first kappa shape index (κ1) is 25.9. The minimum atomic E-state index is 0. The second-order valence-corrected chi connectivity index (χ2v) is 7.62. The summed E-state index contributed by atoms with van der Waals surface area (Å²) in [5.41, 5.74) is 0. The summed E-state index contributed by atoms with van der Waals surface area (Å²) < 4.78 is 0. The van der Waals surface area contributed by atoms with E-state index in [1.807, 2.05) is 35.1 Å². The summed E-state index contributed by atoms with van der Waals surface area (Å²) in [6, 6.07) is 5.72. The summed E-state index contributed by atoms with van der Waals surface area (Å²) in [6.07, 6.45) is 24.1. The number of unbranched alkanes of at least 4 members (excludes halogenated alkanes) is 13. The molecule has 0 aliphatic rings. The minimum Gasteiger partial charge on any atom is -0.412 e. The largest absolute Gasteiger partial charge is 0.412 e. The van der Waals surface area contributed by atoms with Gasteiger partial charge in [0.2, 0.25) is 0 Å². The molecular weight excluding hydrogens is 357 g/mol. The third kappa shape index (κ3) is 23.9. The standard InChI is InChI=1S/C16H35As.C5H5N.H2O/c1-2-3-4-5-6-7-8-9-10-11-12-13-14-15-16-17;1-2-4-6-5-3-1;/h2-17H2,1H3;1-5H;1H2. The quantitative estimate of drug-likeness (QED) is 0.289. The van der Waals surface area contributed by atoms with Crippen molar-refractivity contribution in [2.45, 2.75) is 102 Å². The van der Waals surface area contributed by atoms with Crippen LogP contribution < -0.4 is 0 Å². The molecule has 1 aromatic heterocycles. The van der Waals surface area contributed by atoms with E-state index < -0.39 is 0 Å². The van der Waals surface area contributed by atoms with Crippen molar-refractivity contribution < 1.29 is 5.48 Å². The fraction of sp³-hybridized carbons (Fsp3) is 0.762. The number of hydrogen-bond donors (Lipinski definition) is 0. The van der Waals surface area contributed by atoms with Crippen LogP contribution in [0.25, 0.3) is 0 Å². The Morgan fingerprint density at radius 1 is 0.583 bits per heavy atom. The van der Waals surface area contributed by atoms with Crippen molar-refractivity contribution in [3.8, 4) is 0 Å². The van der Waals surface area contributed by atoms with Crippen LogP contribution in [0.1, 0.15) is 96.8 Å². The molecular formula is C21H42AsNO. The normalized spacial score (nSPS) is 9.75. The molecule has 1 heterocycles. The molecule has 2 N–H and O–H groups in total. The van der Waals surface area contributed by atoms with E-state index in [9.17, 15) is 0 Å². The molecule has 0 saturated heterocycles. The third-order valence-corrected chi connectivity index (χ3v) is 4.98. The van der Waals surface area contributed by atoms with Crippen molar-refractivity contribution in [2.75, 3.05) is 0 Å². The summed E-state index contributed by atoms with van der Waals surface area (Å²) in [5, 5.41) is 1.44. The number of pyridine rings is 1. The van der Waals surface area contributed by atoms with Gasteiger partial charge in [0.25, 0.3) is 0 Å². The Kier molecular flexibility index (Phi) is 26.9. The Bertz CT molecular complexity index is 254. The van der Waals surface area contributed by atoms with Gasteiger partial charge in [-0.1, -0.05) is 32.3 Å². The maximum absolute atomic E-state index is 3.78. The maximum Gasteiger partial charge on any atom is 0.0267 e. The van der Waals surface area contributed by atoms with Gasteiger partial charge in [0, 0.05) is 12.4 Å². The number of aromatic nitrogens is 1. The van der Waals surface area contributed by atoms with E-state index >= 15 is 0 Å². The van der Waals surface area contributed by atoms with Gasteiger partial charge in [0.05, 0.1) is 0 Å². The zero-order valence-electron chi connectivity index (χ0n) is 16.0. The Hall–Kier alpha value is -0.332. The molecule has 3 heteroatoms. The van der Waals surface area contributed by atoms with Crippen LogP contribution >= 0.6 is 0 Å². The molecule has 0 fully saturated rings. The van der Waals surface area contributed by atoms with Crippen molar-refractivity contribution in [3.63, 3.8) is 0 Å². The van der Waals surface area contributed by atoms with E-state index in [1.54, 1.807) is 12.4 Å². The fourth-order valence-electron chi connectivity index (χ4n) is 2.65. The molecule has 1 rings (SSSR count). The van der Waals surface area contributed by atoms with E-state index in [-0.39, 0.29) is 5.48 Å². The summed E-state index contributed by atoms with van der Waals surface area (Å²) in [7, 11) is 0. The molecule has 1 atom stereocenters. The van der Waals surface area contributed by atoms with Gasteiger partial charge >= 0.3 is 92.7 Å². The SMILES string of the molecule is CCCCCCCCCCCCCCCC[AsH2].O.c1ccncc1. The van der Waals surface area contributed by atoms with Crippen LogP contribution in [0.3, 0.4) is 0 Å². The van der Waals surface area contributed by atoms with Gasteiger partial charge < -0.3 is 5.48 Å². The summed E-state index contributed by atoms with van der Waals surface area (Å²) in [5.74, 6) is 0. The van der Waals surface area contributed by atoms with E-state index in [0.717, 1.165) is 0 Å². The van der Waals surface area contributed by atoms with Crippen LogP contribution in [-0.2, 0) is 0 Å². The zero-order valence-corrected chi connectivity index (χ0v) is 18.4.